The summed E-state index contributed by atoms with van der Waals surface area (Å²) in [5.74, 6) is 0. The van der Waals surface area contributed by atoms with Crippen LogP contribution in [0.2, 0.25) is 0 Å². The number of benzene rings is 2. The van der Waals surface area contributed by atoms with E-state index in [2.05, 4.69) is 55.5 Å². The Balaban J connectivity index is 0.000000497. The molecule has 1 aliphatic carbocycles. The van der Waals surface area contributed by atoms with Crippen LogP contribution in [0.25, 0.3) is 17.2 Å². The summed E-state index contributed by atoms with van der Waals surface area (Å²) in [5.41, 5.74) is 13.7. The Kier molecular flexibility index (Phi) is 6.70. The van der Waals surface area contributed by atoms with E-state index in [1.807, 2.05) is 0 Å². The van der Waals surface area contributed by atoms with Crippen LogP contribution >= 0.6 is 17.0 Å². The van der Waals surface area contributed by atoms with Crippen molar-refractivity contribution in [1.29, 1.82) is 0 Å². The van der Waals surface area contributed by atoms with Gasteiger partial charge >= 0.3 is 37.9 Å². The van der Waals surface area contributed by atoms with Gasteiger partial charge in [0.2, 0.25) is 0 Å². The molecule has 0 amide bonds. The van der Waals surface area contributed by atoms with Crippen LogP contribution in [0.3, 0.4) is 0 Å². The van der Waals surface area contributed by atoms with Crippen LogP contribution in [0.4, 0.5) is 0 Å². The van der Waals surface area contributed by atoms with Crippen molar-refractivity contribution in [3.8, 4) is 11.1 Å². The predicted octanol–water partition coefficient (Wildman–Crippen LogP) is 5.15. The second kappa shape index (κ2) is 8.29. The van der Waals surface area contributed by atoms with Crippen molar-refractivity contribution in [2.24, 2.45) is 5.73 Å². The summed E-state index contributed by atoms with van der Waals surface area (Å²) in [6.07, 6.45) is 3.39. The minimum absolute atomic E-state index is 0.603. The fraction of sp³-hybridized carbons (Fsp3) is 0.176. The minimum atomic E-state index is -0.826. The number of nitrogens with two attached hydrogens (primary N) is 1. The van der Waals surface area contributed by atoms with Crippen LogP contribution in [0, 0.1) is 0 Å². The van der Waals surface area contributed by atoms with E-state index >= 15 is 0 Å². The zero-order valence-electron chi connectivity index (χ0n) is 11.9. The standard InChI is InChI=1S/C17H17N.2ClH.Zr/c1-12-9-15-3-2-4-16(17(15)10-12)14-7-5-13(11-18)6-8-14;;;/h2-8,10H,9,11,18H2,1H3;2*1H;/q;;;+2/p-2. The predicted molar refractivity (Wildman–Crippen MR) is 88.8 cm³/mol. The van der Waals surface area contributed by atoms with E-state index in [0.717, 1.165) is 6.42 Å². The molecule has 0 unspecified atom stereocenters. The summed E-state index contributed by atoms with van der Waals surface area (Å²) < 4.78 is 0. The van der Waals surface area contributed by atoms with Gasteiger partial charge in [0.15, 0.2) is 0 Å². The summed E-state index contributed by atoms with van der Waals surface area (Å²) in [6, 6.07) is 15.1. The van der Waals surface area contributed by atoms with Crippen molar-refractivity contribution >= 4 is 23.1 Å². The van der Waals surface area contributed by atoms with Gasteiger partial charge in [0.25, 0.3) is 0 Å². The number of fused-ring (bicyclic) bond motifs is 1. The van der Waals surface area contributed by atoms with Crippen LogP contribution in [-0.4, -0.2) is 0 Å². The molecule has 1 aliphatic rings. The van der Waals surface area contributed by atoms with Crippen molar-refractivity contribution in [3.05, 3.63) is 64.7 Å². The van der Waals surface area contributed by atoms with Crippen LogP contribution < -0.4 is 5.73 Å². The van der Waals surface area contributed by atoms with Crippen LogP contribution in [0.15, 0.2) is 48.0 Å². The summed E-state index contributed by atoms with van der Waals surface area (Å²) in [4.78, 5) is 0. The first kappa shape index (κ1) is 17.0. The molecule has 0 saturated carbocycles. The fourth-order valence-electron chi connectivity index (χ4n) is 2.61. The molecule has 0 saturated heterocycles. The van der Waals surface area contributed by atoms with E-state index in [-0.39, 0.29) is 0 Å². The third-order valence-corrected chi connectivity index (χ3v) is 3.56. The van der Waals surface area contributed by atoms with E-state index in [4.69, 9.17) is 22.8 Å². The summed E-state index contributed by atoms with van der Waals surface area (Å²) in [7, 11) is 9.87. The average molecular weight is 397 g/mol. The first-order valence-corrected chi connectivity index (χ1v) is 13.1. The van der Waals surface area contributed by atoms with E-state index < -0.39 is 20.8 Å². The van der Waals surface area contributed by atoms with E-state index in [1.54, 1.807) is 0 Å². The Hall–Kier alpha value is -0.397. The summed E-state index contributed by atoms with van der Waals surface area (Å²) in [6.45, 7) is 2.80. The van der Waals surface area contributed by atoms with E-state index in [0.29, 0.717) is 6.54 Å². The number of allylic oxidation sites excluding steroid dienone is 1. The first-order valence-electron chi connectivity index (χ1n) is 6.74. The fourth-order valence-corrected chi connectivity index (χ4v) is 2.61. The van der Waals surface area contributed by atoms with Gasteiger partial charge in [-0.3, -0.25) is 0 Å². The summed E-state index contributed by atoms with van der Waals surface area (Å²) >= 11 is -0.826. The second-order valence-corrected chi connectivity index (χ2v) is 8.75. The molecular formula is C17H17Cl2NZr. The van der Waals surface area contributed by atoms with Crippen LogP contribution in [-0.2, 0) is 33.8 Å². The van der Waals surface area contributed by atoms with Crippen molar-refractivity contribution < 1.29 is 20.8 Å². The molecule has 2 aromatic rings. The van der Waals surface area contributed by atoms with Crippen molar-refractivity contribution in [1.82, 2.24) is 0 Å². The zero-order chi connectivity index (χ0) is 15.2. The zero-order valence-corrected chi connectivity index (χ0v) is 15.8. The Bertz CT molecular complexity index is 636. The number of halogens is 2. The molecule has 0 radical (unpaired) electrons. The van der Waals surface area contributed by atoms with Gasteiger partial charge in [-0.2, -0.15) is 0 Å². The maximum absolute atomic E-state index is 5.64. The molecule has 1 nitrogen and oxygen atoms in total. The Labute approximate surface area is 144 Å². The summed E-state index contributed by atoms with van der Waals surface area (Å²) in [5, 5.41) is 0. The van der Waals surface area contributed by atoms with Crippen molar-refractivity contribution in [3.63, 3.8) is 0 Å². The topological polar surface area (TPSA) is 26.0 Å². The molecule has 0 heterocycles. The third-order valence-electron chi connectivity index (χ3n) is 3.56. The Morgan fingerprint density at radius 2 is 1.76 bits per heavy atom. The van der Waals surface area contributed by atoms with Gasteiger partial charge in [0.05, 0.1) is 0 Å². The molecule has 0 atom stereocenters. The van der Waals surface area contributed by atoms with Gasteiger partial charge < -0.3 is 5.73 Å². The van der Waals surface area contributed by atoms with Gasteiger partial charge in [0, 0.05) is 6.54 Å². The Morgan fingerprint density at radius 3 is 2.38 bits per heavy atom. The normalized spacial score (nSPS) is 12.1. The molecule has 2 aromatic carbocycles. The maximum atomic E-state index is 5.64. The molecule has 4 heteroatoms. The molecule has 108 valence electrons. The van der Waals surface area contributed by atoms with E-state index in [9.17, 15) is 0 Å². The molecule has 21 heavy (non-hydrogen) atoms. The Morgan fingerprint density at radius 1 is 1.10 bits per heavy atom. The van der Waals surface area contributed by atoms with Gasteiger partial charge in [-0.05, 0) is 41.2 Å². The molecule has 2 N–H and O–H groups in total. The van der Waals surface area contributed by atoms with Crippen molar-refractivity contribution in [2.45, 2.75) is 19.9 Å². The number of hydrogen-bond donors (Lipinski definition) is 1. The van der Waals surface area contributed by atoms with Crippen LogP contribution in [0.1, 0.15) is 23.6 Å². The van der Waals surface area contributed by atoms with Crippen LogP contribution in [0.5, 0.6) is 0 Å². The van der Waals surface area contributed by atoms with E-state index in [1.165, 1.54) is 33.4 Å². The molecule has 0 bridgehead atoms. The molecule has 0 aromatic heterocycles. The molecule has 0 fully saturated rings. The van der Waals surface area contributed by atoms with Gasteiger partial charge in [-0.1, -0.05) is 54.1 Å². The van der Waals surface area contributed by atoms with Gasteiger partial charge in [-0.25, -0.2) is 0 Å². The van der Waals surface area contributed by atoms with Gasteiger partial charge in [-0.15, -0.1) is 0 Å². The number of hydrogen-bond acceptors (Lipinski definition) is 1. The number of rotatable bonds is 2. The molecule has 3 rings (SSSR count). The second-order valence-electron chi connectivity index (χ2n) is 5.02. The average Bonchev–Trinajstić information content (AvgIpc) is 2.88. The molecular weight excluding hydrogens is 380 g/mol. The quantitative estimate of drug-likeness (QED) is 0.745. The van der Waals surface area contributed by atoms with Crippen molar-refractivity contribution in [2.75, 3.05) is 0 Å². The SMILES string of the molecule is CC1=Cc2c(cccc2-c2ccc(CN)cc2)C1.[Cl][Zr][Cl]. The monoisotopic (exact) mass is 395 g/mol. The molecule has 0 spiro atoms. The first-order chi connectivity index (χ1) is 10.2. The van der Waals surface area contributed by atoms with Gasteiger partial charge in [0.1, 0.15) is 0 Å². The third kappa shape index (κ3) is 4.30. The molecule has 0 aliphatic heterocycles.